The molecule has 0 bridgehead atoms. The van der Waals surface area contributed by atoms with Crippen LogP contribution in [0.1, 0.15) is 37.5 Å². The standard InChI is InChI=1S/C30H35FN6O4/c1-30(2,3)21-12-10-19(11-13-21)16-35-14-15-36(18-23(35)27(39)41-5)28-32-25-24(26(38)33-29(40)34(25)4)37(28)17-20-8-6-7-9-22(20)31/h6-13,23H,14-18H2,1-5H3,(H,33,38,40). The fourth-order valence-corrected chi connectivity index (χ4v) is 5.31. The van der Waals surface area contributed by atoms with E-state index in [1.807, 2.05) is 4.90 Å². The molecule has 2 aromatic heterocycles. The average molecular weight is 563 g/mol. The normalized spacial score (nSPS) is 16.3. The van der Waals surface area contributed by atoms with E-state index in [4.69, 9.17) is 4.74 Å². The van der Waals surface area contributed by atoms with Crippen LogP contribution in [0.3, 0.4) is 0 Å². The third-order valence-corrected chi connectivity index (χ3v) is 7.73. The van der Waals surface area contributed by atoms with Gasteiger partial charge in [-0.2, -0.15) is 4.98 Å². The van der Waals surface area contributed by atoms with Crippen LogP contribution in [0.15, 0.2) is 58.1 Å². The summed E-state index contributed by atoms with van der Waals surface area (Å²) < 4.78 is 22.8. The predicted octanol–water partition coefficient (Wildman–Crippen LogP) is 2.77. The van der Waals surface area contributed by atoms with Gasteiger partial charge in [0.1, 0.15) is 11.9 Å². The van der Waals surface area contributed by atoms with Crippen LogP contribution in [-0.4, -0.2) is 62.8 Å². The molecule has 1 aliphatic rings. The number of H-pyrrole nitrogens is 1. The molecule has 5 rings (SSSR count). The molecule has 3 heterocycles. The van der Waals surface area contributed by atoms with E-state index in [0.717, 1.165) is 5.56 Å². The summed E-state index contributed by atoms with van der Waals surface area (Å²) in [6.45, 7) is 8.30. The zero-order valence-corrected chi connectivity index (χ0v) is 24.0. The van der Waals surface area contributed by atoms with Gasteiger partial charge in [0.2, 0.25) is 5.95 Å². The smallest absolute Gasteiger partial charge is 0.329 e. The van der Waals surface area contributed by atoms with Crippen LogP contribution >= 0.6 is 0 Å². The van der Waals surface area contributed by atoms with Crippen molar-refractivity contribution in [1.29, 1.82) is 0 Å². The number of aryl methyl sites for hydroxylation is 1. The topological polar surface area (TPSA) is 105 Å². The minimum atomic E-state index is -0.611. The second kappa shape index (κ2) is 11.0. The van der Waals surface area contributed by atoms with Crippen molar-refractivity contribution in [2.24, 2.45) is 7.05 Å². The minimum absolute atomic E-state index is 0.0169. The Balaban J connectivity index is 1.51. The van der Waals surface area contributed by atoms with E-state index in [1.54, 1.807) is 22.8 Å². The Morgan fingerprint density at radius 2 is 1.78 bits per heavy atom. The van der Waals surface area contributed by atoms with Crippen molar-refractivity contribution in [3.8, 4) is 0 Å². The van der Waals surface area contributed by atoms with Gasteiger partial charge in [0, 0.05) is 38.8 Å². The summed E-state index contributed by atoms with van der Waals surface area (Å²) in [5.74, 6) is -0.433. The first kappa shape index (κ1) is 28.3. The number of ether oxygens (including phenoxy) is 1. The molecule has 0 spiro atoms. The number of benzene rings is 2. The number of carbonyl (C=O) groups is 1. The Morgan fingerprint density at radius 3 is 2.44 bits per heavy atom. The number of piperazine rings is 1. The number of hydrogen-bond acceptors (Lipinski definition) is 7. The van der Waals surface area contributed by atoms with Crippen LogP contribution in [0.4, 0.5) is 10.3 Å². The number of aromatic amines is 1. The summed E-state index contributed by atoms with van der Waals surface area (Å²) in [5, 5.41) is 0. The number of rotatable bonds is 6. The highest BCUT2D eigenvalue weighted by molar-refractivity contribution is 5.78. The molecule has 2 aromatic carbocycles. The maximum Gasteiger partial charge on any atom is 0.329 e. The number of halogens is 1. The molecule has 1 unspecified atom stereocenters. The second-order valence-corrected chi connectivity index (χ2v) is 11.5. The molecule has 1 N–H and O–H groups in total. The number of imidazole rings is 1. The van der Waals surface area contributed by atoms with E-state index in [9.17, 15) is 18.8 Å². The Bertz CT molecular complexity index is 1700. The predicted molar refractivity (Wildman–Crippen MR) is 155 cm³/mol. The van der Waals surface area contributed by atoms with Gasteiger partial charge < -0.3 is 9.64 Å². The van der Waals surface area contributed by atoms with Crippen molar-refractivity contribution >= 4 is 23.1 Å². The van der Waals surface area contributed by atoms with Crippen LogP contribution in [0.2, 0.25) is 0 Å². The van der Waals surface area contributed by atoms with E-state index in [0.29, 0.717) is 31.1 Å². The van der Waals surface area contributed by atoms with Crippen LogP contribution in [0.5, 0.6) is 0 Å². The van der Waals surface area contributed by atoms with Gasteiger partial charge in [-0.05, 0) is 22.6 Å². The molecule has 0 radical (unpaired) electrons. The van der Waals surface area contributed by atoms with Gasteiger partial charge in [0.25, 0.3) is 5.56 Å². The molecule has 0 saturated carbocycles. The first-order valence-electron chi connectivity index (χ1n) is 13.6. The highest BCUT2D eigenvalue weighted by atomic mass is 19.1. The van der Waals surface area contributed by atoms with Crippen molar-refractivity contribution in [1.82, 2.24) is 24.0 Å². The van der Waals surface area contributed by atoms with Crippen molar-refractivity contribution in [3.05, 3.63) is 91.9 Å². The molecular formula is C30H35FN6O4. The van der Waals surface area contributed by atoms with Gasteiger partial charge in [-0.3, -0.25) is 28.6 Å². The fourth-order valence-electron chi connectivity index (χ4n) is 5.31. The lowest BCUT2D eigenvalue weighted by Gasteiger charge is -2.40. The molecule has 0 amide bonds. The molecule has 216 valence electrons. The van der Waals surface area contributed by atoms with E-state index in [1.165, 1.54) is 30.4 Å². The summed E-state index contributed by atoms with van der Waals surface area (Å²) in [4.78, 5) is 49.3. The van der Waals surface area contributed by atoms with Crippen LogP contribution in [0.25, 0.3) is 11.2 Å². The summed E-state index contributed by atoms with van der Waals surface area (Å²) in [6, 6.07) is 14.1. The van der Waals surface area contributed by atoms with Crippen LogP contribution in [-0.2, 0) is 35.1 Å². The van der Waals surface area contributed by atoms with Crippen molar-refractivity contribution in [2.45, 2.75) is 45.3 Å². The maximum atomic E-state index is 14.7. The molecule has 10 nitrogen and oxygen atoms in total. The molecule has 1 aliphatic heterocycles. The highest BCUT2D eigenvalue weighted by Gasteiger charge is 2.35. The van der Waals surface area contributed by atoms with Crippen LogP contribution < -0.4 is 16.1 Å². The SMILES string of the molecule is COC(=O)C1CN(c2nc3c(c(=O)[nH]c(=O)n3C)n2Cc2ccccc2F)CCN1Cc1ccc(C(C)(C)C)cc1. The summed E-state index contributed by atoms with van der Waals surface area (Å²) in [6.07, 6.45) is 0. The molecule has 41 heavy (non-hydrogen) atoms. The number of anilines is 1. The van der Waals surface area contributed by atoms with Gasteiger partial charge in [-0.15, -0.1) is 0 Å². The minimum Gasteiger partial charge on any atom is -0.468 e. The number of methoxy groups -OCH3 is 1. The number of hydrogen-bond donors (Lipinski definition) is 1. The number of carbonyl (C=O) groups excluding carboxylic acids is 1. The van der Waals surface area contributed by atoms with E-state index < -0.39 is 23.1 Å². The fraction of sp³-hybridized carbons (Fsp3) is 0.400. The van der Waals surface area contributed by atoms with Gasteiger partial charge in [0.15, 0.2) is 11.2 Å². The molecule has 1 fully saturated rings. The molecule has 4 aromatic rings. The Kier molecular flexibility index (Phi) is 7.56. The zero-order valence-electron chi connectivity index (χ0n) is 24.0. The Labute approximate surface area is 237 Å². The maximum absolute atomic E-state index is 14.7. The number of esters is 1. The molecule has 0 aliphatic carbocycles. The van der Waals surface area contributed by atoms with Crippen LogP contribution in [0, 0.1) is 5.82 Å². The second-order valence-electron chi connectivity index (χ2n) is 11.5. The van der Waals surface area contributed by atoms with Crippen molar-refractivity contribution in [3.63, 3.8) is 0 Å². The first-order valence-corrected chi connectivity index (χ1v) is 13.6. The average Bonchev–Trinajstić information content (AvgIpc) is 3.32. The highest BCUT2D eigenvalue weighted by Crippen LogP contribution is 2.27. The van der Waals surface area contributed by atoms with Gasteiger partial charge in [-0.25, -0.2) is 9.18 Å². The molecule has 1 atom stereocenters. The number of fused-ring (bicyclic) bond motifs is 1. The van der Waals surface area contributed by atoms with E-state index in [-0.39, 0.29) is 35.6 Å². The van der Waals surface area contributed by atoms with E-state index >= 15 is 0 Å². The Hall–Kier alpha value is -4.25. The third kappa shape index (κ3) is 5.54. The number of nitrogens with one attached hydrogen (secondary N) is 1. The molecular weight excluding hydrogens is 527 g/mol. The zero-order chi connectivity index (χ0) is 29.5. The molecule has 1 saturated heterocycles. The van der Waals surface area contributed by atoms with E-state index in [2.05, 4.69) is 59.9 Å². The van der Waals surface area contributed by atoms with Crippen molar-refractivity contribution in [2.75, 3.05) is 31.6 Å². The largest absolute Gasteiger partial charge is 0.468 e. The quantitative estimate of drug-likeness (QED) is 0.361. The Morgan fingerprint density at radius 1 is 1.07 bits per heavy atom. The number of aromatic nitrogens is 4. The van der Waals surface area contributed by atoms with Gasteiger partial charge in [-0.1, -0.05) is 63.2 Å². The summed E-state index contributed by atoms with van der Waals surface area (Å²) in [7, 11) is 2.88. The lowest BCUT2D eigenvalue weighted by atomic mass is 9.86. The summed E-state index contributed by atoms with van der Waals surface area (Å²) in [5.41, 5.74) is 1.84. The monoisotopic (exact) mass is 562 g/mol. The van der Waals surface area contributed by atoms with Gasteiger partial charge in [0.05, 0.1) is 13.7 Å². The lowest BCUT2D eigenvalue weighted by Crippen LogP contribution is -2.57. The number of nitrogens with zero attached hydrogens (tertiary/aromatic N) is 5. The van der Waals surface area contributed by atoms with Crippen molar-refractivity contribution < 1.29 is 13.9 Å². The lowest BCUT2D eigenvalue weighted by molar-refractivity contribution is -0.147. The first-order chi connectivity index (χ1) is 19.5. The van der Waals surface area contributed by atoms with Gasteiger partial charge >= 0.3 is 11.7 Å². The third-order valence-electron chi connectivity index (χ3n) is 7.73. The molecule has 11 heteroatoms. The summed E-state index contributed by atoms with van der Waals surface area (Å²) >= 11 is 0.